The Morgan fingerprint density at radius 3 is 2.50 bits per heavy atom. The number of amides is 1. The van der Waals surface area contributed by atoms with E-state index in [0.717, 1.165) is 5.69 Å². The van der Waals surface area contributed by atoms with Crippen molar-refractivity contribution >= 4 is 23.3 Å². The first-order valence-corrected chi connectivity index (χ1v) is 7.53. The quantitative estimate of drug-likeness (QED) is 0.842. The molecule has 0 saturated carbocycles. The molecule has 0 aliphatic heterocycles. The fourth-order valence-electron chi connectivity index (χ4n) is 2.13. The van der Waals surface area contributed by atoms with E-state index in [-0.39, 0.29) is 16.8 Å². The van der Waals surface area contributed by atoms with Crippen molar-refractivity contribution in [1.29, 1.82) is 0 Å². The molecule has 2 aromatic rings. The third-order valence-corrected chi connectivity index (χ3v) is 3.09. The fraction of sp³-hybridized carbons (Fsp3) is 0.278. The van der Waals surface area contributed by atoms with Crippen molar-refractivity contribution in [3.8, 4) is 0 Å². The van der Waals surface area contributed by atoms with Crippen LogP contribution in [0.4, 0.5) is 11.4 Å². The van der Waals surface area contributed by atoms with E-state index in [2.05, 4.69) is 15.6 Å². The van der Waals surface area contributed by atoms with E-state index >= 15 is 0 Å². The van der Waals surface area contributed by atoms with Gasteiger partial charge in [0.2, 0.25) is 0 Å². The largest absolute Gasteiger partial charge is 0.465 e. The summed E-state index contributed by atoms with van der Waals surface area (Å²) in [7, 11) is 1.30. The molecule has 1 amide bonds. The van der Waals surface area contributed by atoms with Gasteiger partial charge in [0.05, 0.1) is 18.4 Å². The highest BCUT2D eigenvalue weighted by Crippen LogP contribution is 2.19. The summed E-state index contributed by atoms with van der Waals surface area (Å²) in [4.78, 5) is 28.3. The van der Waals surface area contributed by atoms with Gasteiger partial charge in [0.15, 0.2) is 0 Å². The Morgan fingerprint density at radius 1 is 1.12 bits per heavy atom. The van der Waals surface area contributed by atoms with Crippen molar-refractivity contribution < 1.29 is 14.3 Å². The van der Waals surface area contributed by atoms with Crippen molar-refractivity contribution in [1.82, 2.24) is 4.98 Å². The van der Waals surface area contributed by atoms with Crippen molar-refractivity contribution in [3.05, 3.63) is 53.9 Å². The second kappa shape index (κ2) is 7.12. The number of nitrogens with one attached hydrogen (secondary N) is 2. The lowest BCUT2D eigenvalue weighted by Crippen LogP contribution is -2.26. The minimum Gasteiger partial charge on any atom is -0.465 e. The summed E-state index contributed by atoms with van der Waals surface area (Å²) in [6.45, 7) is 6.08. The minimum atomic E-state index is -0.512. The lowest BCUT2D eigenvalue weighted by atomic mass is 10.1. The number of benzene rings is 1. The summed E-state index contributed by atoms with van der Waals surface area (Å²) in [5.74, 6) is -0.911. The number of nitrogens with zero attached hydrogens (tertiary/aromatic N) is 1. The van der Waals surface area contributed by atoms with E-state index in [1.54, 1.807) is 42.6 Å². The van der Waals surface area contributed by atoms with Crippen molar-refractivity contribution in [2.45, 2.75) is 26.3 Å². The zero-order valence-corrected chi connectivity index (χ0v) is 14.2. The number of carbonyl (C=O) groups excluding carboxylic acids is 2. The second-order valence-electron chi connectivity index (χ2n) is 6.30. The van der Waals surface area contributed by atoms with Crippen LogP contribution >= 0.6 is 0 Å². The first-order valence-electron chi connectivity index (χ1n) is 7.53. The highest BCUT2D eigenvalue weighted by atomic mass is 16.5. The van der Waals surface area contributed by atoms with Gasteiger partial charge in [-0.15, -0.1) is 0 Å². The predicted octanol–water partition coefficient (Wildman–Crippen LogP) is 3.33. The average Bonchev–Trinajstić information content (AvgIpc) is 2.53. The van der Waals surface area contributed by atoms with Crippen molar-refractivity contribution in [3.63, 3.8) is 0 Å². The Morgan fingerprint density at radius 2 is 1.83 bits per heavy atom. The Kier molecular flexibility index (Phi) is 5.18. The van der Waals surface area contributed by atoms with Gasteiger partial charge in [-0.1, -0.05) is 12.1 Å². The van der Waals surface area contributed by atoms with E-state index in [0.29, 0.717) is 5.69 Å². The summed E-state index contributed by atoms with van der Waals surface area (Å²) in [5, 5.41) is 5.99. The van der Waals surface area contributed by atoms with E-state index in [1.807, 2.05) is 20.8 Å². The monoisotopic (exact) mass is 327 g/mol. The zero-order chi connectivity index (χ0) is 17.7. The van der Waals surface area contributed by atoms with Gasteiger partial charge in [-0.3, -0.25) is 9.78 Å². The number of rotatable bonds is 4. The lowest BCUT2D eigenvalue weighted by Gasteiger charge is -2.22. The van der Waals surface area contributed by atoms with Gasteiger partial charge in [0, 0.05) is 17.4 Å². The van der Waals surface area contributed by atoms with Gasteiger partial charge >= 0.3 is 5.97 Å². The Balaban J connectivity index is 2.22. The number of para-hydroxylation sites is 1. The maximum Gasteiger partial charge on any atom is 0.339 e. The molecule has 6 nitrogen and oxygen atoms in total. The molecule has 0 atom stereocenters. The first-order chi connectivity index (χ1) is 11.3. The molecule has 1 aromatic heterocycles. The molecule has 126 valence electrons. The molecule has 0 radical (unpaired) electrons. The van der Waals surface area contributed by atoms with E-state index in [1.165, 1.54) is 7.11 Å². The Hall–Kier alpha value is -2.89. The molecule has 0 bridgehead atoms. The standard InChI is InChI=1S/C18H21N3O3/c1-18(2,3)21-12-9-10-19-15(11-12)16(22)20-14-8-6-5-7-13(14)17(23)24-4/h5-11H,1-4H3,(H,19,21)(H,20,22). The maximum atomic E-state index is 12.4. The molecule has 24 heavy (non-hydrogen) atoms. The lowest BCUT2D eigenvalue weighted by molar-refractivity contribution is 0.0602. The van der Waals surface area contributed by atoms with Crippen LogP contribution in [-0.4, -0.2) is 29.5 Å². The number of methoxy groups -OCH3 is 1. The SMILES string of the molecule is COC(=O)c1ccccc1NC(=O)c1cc(NC(C)(C)C)ccn1. The van der Waals surface area contributed by atoms with Gasteiger partial charge < -0.3 is 15.4 Å². The molecular formula is C18H21N3O3. The summed E-state index contributed by atoms with van der Waals surface area (Å²) >= 11 is 0. The number of ether oxygens (including phenoxy) is 1. The van der Waals surface area contributed by atoms with E-state index < -0.39 is 11.9 Å². The van der Waals surface area contributed by atoms with Crippen LogP contribution in [0, 0.1) is 0 Å². The molecule has 0 aliphatic carbocycles. The number of carbonyl (C=O) groups is 2. The molecule has 0 fully saturated rings. The number of hydrogen-bond donors (Lipinski definition) is 2. The Labute approximate surface area is 141 Å². The molecule has 0 unspecified atom stereocenters. The molecule has 1 aromatic carbocycles. The van der Waals surface area contributed by atoms with Gasteiger partial charge in [-0.25, -0.2) is 4.79 Å². The van der Waals surface area contributed by atoms with Crippen LogP contribution < -0.4 is 10.6 Å². The summed E-state index contributed by atoms with van der Waals surface area (Å²) in [6.07, 6.45) is 1.56. The van der Waals surface area contributed by atoms with Gasteiger partial charge in [0.1, 0.15) is 5.69 Å². The van der Waals surface area contributed by atoms with Crippen molar-refractivity contribution in [2.75, 3.05) is 17.7 Å². The Bertz CT molecular complexity index is 751. The van der Waals surface area contributed by atoms with Crippen LogP contribution in [0.5, 0.6) is 0 Å². The molecule has 0 spiro atoms. The smallest absolute Gasteiger partial charge is 0.339 e. The molecule has 2 N–H and O–H groups in total. The average molecular weight is 327 g/mol. The van der Waals surface area contributed by atoms with Crippen LogP contribution in [0.3, 0.4) is 0 Å². The highest BCUT2D eigenvalue weighted by Gasteiger charge is 2.16. The first kappa shape index (κ1) is 17.5. The highest BCUT2D eigenvalue weighted by molar-refractivity contribution is 6.07. The number of anilines is 2. The normalized spacial score (nSPS) is 10.8. The van der Waals surface area contributed by atoms with Crippen LogP contribution in [0.15, 0.2) is 42.6 Å². The predicted molar refractivity (Wildman–Crippen MR) is 93.3 cm³/mol. The van der Waals surface area contributed by atoms with Gasteiger partial charge in [0.25, 0.3) is 5.91 Å². The number of aromatic nitrogens is 1. The van der Waals surface area contributed by atoms with Crippen LogP contribution in [0.2, 0.25) is 0 Å². The summed E-state index contributed by atoms with van der Waals surface area (Å²) in [6, 6.07) is 10.1. The van der Waals surface area contributed by atoms with Gasteiger partial charge in [-0.05, 0) is 45.0 Å². The minimum absolute atomic E-state index is 0.132. The maximum absolute atomic E-state index is 12.4. The second-order valence-corrected chi connectivity index (χ2v) is 6.30. The number of pyridine rings is 1. The third kappa shape index (κ3) is 4.55. The molecule has 2 rings (SSSR count). The molecular weight excluding hydrogens is 306 g/mol. The third-order valence-electron chi connectivity index (χ3n) is 3.09. The molecule has 1 heterocycles. The summed E-state index contributed by atoms with van der Waals surface area (Å²) in [5.41, 5.74) is 1.59. The van der Waals surface area contributed by atoms with Gasteiger partial charge in [-0.2, -0.15) is 0 Å². The van der Waals surface area contributed by atoms with Crippen LogP contribution in [0.25, 0.3) is 0 Å². The zero-order valence-electron chi connectivity index (χ0n) is 14.2. The number of hydrogen-bond acceptors (Lipinski definition) is 5. The molecule has 0 aliphatic rings. The topological polar surface area (TPSA) is 80.3 Å². The fourth-order valence-corrected chi connectivity index (χ4v) is 2.13. The van der Waals surface area contributed by atoms with E-state index in [9.17, 15) is 9.59 Å². The summed E-state index contributed by atoms with van der Waals surface area (Å²) < 4.78 is 4.72. The van der Waals surface area contributed by atoms with Crippen LogP contribution in [0.1, 0.15) is 41.6 Å². The molecule has 0 saturated heterocycles. The molecule has 6 heteroatoms. The number of esters is 1. The van der Waals surface area contributed by atoms with Crippen LogP contribution in [-0.2, 0) is 4.74 Å². The van der Waals surface area contributed by atoms with Crippen molar-refractivity contribution in [2.24, 2.45) is 0 Å². The van der Waals surface area contributed by atoms with E-state index in [4.69, 9.17) is 4.74 Å².